The minimum atomic E-state index is 0.225. The highest BCUT2D eigenvalue weighted by atomic mass is 16.5. The first kappa shape index (κ1) is 17.3. The van der Waals surface area contributed by atoms with Crippen molar-refractivity contribution >= 4 is 5.96 Å². The summed E-state index contributed by atoms with van der Waals surface area (Å²) >= 11 is 0. The van der Waals surface area contributed by atoms with Gasteiger partial charge in [0.2, 0.25) is 0 Å². The molecule has 0 bridgehead atoms. The molecule has 118 valence electrons. The zero-order valence-corrected chi connectivity index (χ0v) is 14.0. The monoisotopic (exact) mass is 291 g/mol. The fourth-order valence-electron chi connectivity index (χ4n) is 1.86. The quantitative estimate of drug-likeness (QED) is 0.599. The number of guanidine groups is 1. The lowest BCUT2D eigenvalue weighted by atomic mass is 10.1. The highest BCUT2D eigenvalue weighted by Gasteiger charge is 2.08. The van der Waals surface area contributed by atoms with Crippen LogP contribution in [-0.4, -0.2) is 25.7 Å². The van der Waals surface area contributed by atoms with E-state index in [0.717, 1.165) is 36.7 Å². The Kier molecular flexibility index (Phi) is 7.65. The molecule has 4 nitrogen and oxygen atoms in total. The van der Waals surface area contributed by atoms with Gasteiger partial charge in [-0.3, -0.25) is 4.99 Å². The van der Waals surface area contributed by atoms with Gasteiger partial charge in [0.1, 0.15) is 5.75 Å². The Morgan fingerprint density at radius 3 is 2.67 bits per heavy atom. The third-order valence-corrected chi connectivity index (χ3v) is 3.34. The van der Waals surface area contributed by atoms with E-state index in [2.05, 4.69) is 61.5 Å². The number of hydrogen-bond donors (Lipinski definition) is 2. The SMILES string of the molecule is CCCNC(=NC)NCc1ccc(C)cc1OC(C)CC. The lowest BCUT2D eigenvalue weighted by molar-refractivity contribution is 0.215. The number of hydrogen-bond acceptors (Lipinski definition) is 2. The fourth-order valence-corrected chi connectivity index (χ4v) is 1.86. The Morgan fingerprint density at radius 1 is 1.29 bits per heavy atom. The van der Waals surface area contributed by atoms with Crippen molar-refractivity contribution in [2.45, 2.75) is 53.2 Å². The van der Waals surface area contributed by atoms with Crippen molar-refractivity contribution in [3.05, 3.63) is 29.3 Å². The molecule has 0 spiro atoms. The van der Waals surface area contributed by atoms with E-state index in [1.54, 1.807) is 7.05 Å². The third kappa shape index (κ3) is 6.06. The van der Waals surface area contributed by atoms with Gasteiger partial charge in [0, 0.05) is 25.7 Å². The van der Waals surface area contributed by atoms with E-state index in [1.807, 2.05) is 0 Å². The van der Waals surface area contributed by atoms with Gasteiger partial charge in [-0.1, -0.05) is 26.0 Å². The van der Waals surface area contributed by atoms with Crippen LogP contribution in [0, 0.1) is 6.92 Å². The Bertz CT molecular complexity index is 457. The molecule has 1 unspecified atom stereocenters. The summed E-state index contributed by atoms with van der Waals surface area (Å²) in [6, 6.07) is 6.33. The Morgan fingerprint density at radius 2 is 2.05 bits per heavy atom. The molecule has 0 aliphatic rings. The third-order valence-electron chi connectivity index (χ3n) is 3.34. The smallest absolute Gasteiger partial charge is 0.191 e. The van der Waals surface area contributed by atoms with Gasteiger partial charge >= 0.3 is 0 Å². The number of benzene rings is 1. The van der Waals surface area contributed by atoms with Crippen LogP contribution in [-0.2, 0) is 6.54 Å². The lowest BCUT2D eigenvalue weighted by Gasteiger charge is -2.18. The number of nitrogens with one attached hydrogen (secondary N) is 2. The maximum absolute atomic E-state index is 6.02. The molecule has 0 radical (unpaired) electrons. The molecule has 0 heterocycles. The van der Waals surface area contributed by atoms with Crippen LogP contribution in [0.15, 0.2) is 23.2 Å². The first-order valence-electron chi connectivity index (χ1n) is 7.81. The van der Waals surface area contributed by atoms with Gasteiger partial charge in [0.15, 0.2) is 5.96 Å². The fraction of sp³-hybridized carbons (Fsp3) is 0.588. The molecule has 1 atom stereocenters. The van der Waals surface area contributed by atoms with E-state index in [4.69, 9.17) is 4.74 Å². The Balaban J connectivity index is 2.73. The van der Waals surface area contributed by atoms with Crippen molar-refractivity contribution in [1.29, 1.82) is 0 Å². The van der Waals surface area contributed by atoms with Crippen molar-refractivity contribution in [3.63, 3.8) is 0 Å². The van der Waals surface area contributed by atoms with Crippen LogP contribution in [0.4, 0.5) is 0 Å². The van der Waals surface area contributed by atoms with Gasteiger partial charge in [-0.25, -0.2) is 0 Å². The molecule has 1 aromatic carbocycles. The van der Waals surface area contributed by atoms with E-state index in [9.17, 15) is 0 Å². The molecule has 2 N–H and O–H groups in total. The maximum Gasteiger partial charge on any atom is 0.191 e. The van der Waals surface area contributed by atoms with Crippen molar-refractivity contribution in [3.8, 4) is 5.75 Å². The van der Waals surface area contributed by atoms with Gasteiger partial charge in [-0.2, -0.15) is 0 Å². The van der Waals surface area contributed by atoms with Crippen LogP contribution in [0.25, 0.3) is 0 Å². The Labute approximate surface area is 129 Å². The second-order valence-electron chi connectivity index (χ2n) is 5.30. The van der Waals surface area contributed by atoms with Crippen LogP contribution in [0.2, 0.25) is 0 Å². The largest absolute Gasteiger partial charge is 0.490 e. The van der Waals surface area contributed by atoms with Crippen molar-refractivity contribution in [2.75, 3.05) is 13.6 Å². The zero-order valence-electron chi connectivity index (χ0n) is 14.0. The first-order chi connectivity index (χ1) is 10.1. The molecule has 0 amide bonds. The number of nitrogens with zero attached hydrogens (tertiary/aromatic N) is 1. The zero-order chi connectivity index (χ0) is 15.7. The highest BCUT2D eigenvalue weighted by molar-refractivity contribution is 5.79. The minimum Gasteiger partial charge on any atom is -0.490 e. The van der Waals surface area contributed by atoms with Crippen LogP contribution in [0.1, 0.15) is 44.7 Å². The molecule has 0 saturated heterocycles. The average Bonchev–Trinajstić information content (AvgIpc) is 2.49. The first-order valence-corrected chi connectivity index (χ1v) is 7.81. The summed E-state index contributed by atoms with van der Waals surface area (Å²) in [7, 11) is 1.79. The summed E-state index contributed by atoms with van der Waals surface area (Å²) in [6.45, 7) is 10.1. The van der Waals surface area contributed by atoms with Crippen LogP contribution >= 0.6 is 0 Å². The molecular formula is C17H29N3O. The summed E-state index contributed by atoms with van der Waals surface area (Å²) in [5.41, 5.74) is 2.37. The van der Waals surface area contributed by atoms with E-state index >= 15 is 0 Å². The molecule has 1 aromatic rings. The summed E-state index contributed by atoms with van der Waals surface area (Å²) in [4.78, 5) is 4.22. The summed E-state index contributed by atoms with van der Waals surface area (Å²) in [5, 5.41) is 6.60. The molecule has 21 heavy (non-hydrogen) atoms. The topological polar surface area (TPSA) is 45.7 Å². The highest BCUT2D eigenvalue weighted by Crippen LogP contribution is 2.22. The second kappa shape index (κ2) is 9.27. The van der Waals surface area contributed by atoms with Gasteiger partial charge in [0.25, 0.3) is 0 Å². The maximum atomic E-state index is 6.02. The number of rotatable bonds is 7. The van der Waals surface area contributed by atoms with Gasteiger partial charge < -0.3 is 15.4 Å². The lowest BCUT2D eigenvalue weighted by Crippen LogP contribution is -2.37. The van der Waals surface area contributed by atoms with Gasteiger partial charge in [-0.15, -0.1) is 0 Å². The van der Waals surface area contributed by atoms with Crippen molar-refractivity contribution < 1.29 is 4.74 Å². The predicted octanol–water partition coefficient (Wildman–Crippen LogP) is 3.25. The summed E-state index contributed by atoms with van der Waals surface area (Å²) < 4.78 is 6.02. The molecular weight excluding hydrogens is 262 g/mol. The standard InChI is InChI=1S/C17H29N3O/c1-6-10-19-17(18-5)20-12-15-9-8-13(3)11-16(15)21-14(4)7-2/h8-9,11,14H,6-7,10,12H2,1-5H3,(H2,18,19,20). The average molecular weight is 291 g/mol. The minimum absolute atomic E-state index is 0.225. The van der Waals surface area contributed by atoms with Crippen molar-refractivity contribution in [2.24, 2.45) is 4.99 Å². The summed E-state index contributed by atoms with van der Waals surface area (Å²) in [6.07, 6.45) is 2.30. The number of aliphatic imine (C=N–C) groups is 1. The molecule has 0 aromatic heterocycles. The van der Waals surface area contributed by atoms with Crippen LogP contribution in [0.5, 0.6) is 5.75 Å². The van der Waals surface area contributed by atoms with Crippen LogP contribution in [0.3, 0.4) is 0 Å². The molecule has 1 rings (SSSR count). The van der Waals surface area contributed by atoms with E-state index < -0.39 is 0 Å². The number of aryl methyl sites for hydroxylation is 1. The molecule has 0 saturated carbocycles. The van der Waals surface area contributed by atoms with E-state index in [1.165, 1.54) is 5.56 Å². The molecule has 0 fully saturated rings. The van der Waals surface area contributed by atoms with Gasteiger partial charge in [-0.05, 0) is 38.3 Å². The van der Waals surface area contributed by atoms with Gasteiger partial charge in [0.05, 0.1) is 6.10 Å². The van der Waals surface area contributed by atoms with Crippen molar-refractivity contribution in [1.82, 2.24) is 10.6 Å². The normalized spacial score (nSPS) is 12.9. The van der Waals surface area contributed by atoms with E-state index in [-0.39, 0.29) is 6.10 Å². The summed E-state index contributed by atoms with van der Waals surface area (Å²) in [5.74, 6) is 1.79. The predicted molar refractivity (Wildman–Crippen MR) is 90.1 cm³/mol. The number of ether oxygens (including phenoxy) is 1. The molecule has 0 aliphatic heterocycles. The molecule has 4 heteroatoms. The molecule has 0 aliphatic carbocycles. The van der Waals surface area contributed by atoms with E-state index in [0.29, 0.717) is 6.54 Å². The second-order valence-corrected chi connectivity index (χ2v) is 5.30. The van der Waals surface area contributed by atoms with Crippen LogP contribution < -0.4 is 15.4 Å². The Hall–Kier alpha value is -1.71.